The SMILES string of the molecule is CCOc1cc(CC(OC)OC)ccc1C(N)=O. The monoisotopic (exact) mass is 253 g/mol. The lowest BCUT2D eigenvalue weighted by Gasteiger charge is -2.15. The van der Waals surface area contributed by atoms with Crippen LogP contribution in [-0.2, 0) is 15.9 Å². The number of methoxy groups -OCH3 is 2. The molecule has 5 nitrogen and oxygen atoms in total. The fourth-order valence-electron chi connectivity index (χ4n) is 1.63. The lowest BCUT2D eigenvalue weighted by molar-refractivity contribution is -0.100. The predicted molar refractivity (Wildman–Crippen MR) is 67.6 cm³/mol. The first-order valence-corrected chi connectivity index (χ1v) is 5.73. The molecule has 1 rings (SSSR count). The zero-order chi connectivity index (χ0) is 13.5. The van der Waals surface area contributed by atoms with Gasteiger partial charge in [0.15, 0.2) is 6.29 Å². The summed E-state index contributed by atoms with van der Waals surface area (Å²) in [5.41, 5.74) is 6.62. The summed E-state index contributed by atoms with van der Waals surface area (Å²) in [7, 11) is 3.16. The number of carbonyl (C=O) groups excluding carboxylic acids is 1. The summed E-state index contributed by atoms with van der Waals surface area (Å²) in [4.78, 5) is 11.2. The third-order valence-electron chi connectivity index (χ3n) is 2.54. The summed E-state index contributed by atoms with van der Waals surface area (Å²) < 4.78 is 15.7. The number of ether oxygens (including phenoxy) is 3. The first kappa shape index (κ1) is 14.5. The quantitative estimate of drug-likeness (QED) is 0.744. The van der Waals surface area contributed by atoms with E-state index in [0.29, 0.717) is 24.3 Å². The van der Waals surface area contributed by atoms with Crippen LogP contribution in [0.4, 0.5) is 0 Å². The maximum atomic E-state index is 11.2. The molecule has 2 N–H and O–H groups in total. The number of nitrogens with two attached hydrogens (primary N) is 1. The minimum absolute atomic E-state index is 0.320. The summed E-state index contributed by atoms with van der Waals surface area (Å²) in [5, 5.41) is 0. The van der Waals surface area contributed by atoms with Gasteiger partial charge >= 0.3 is 0 Å². The number of rotatable bonds is 7. The molecule has 0 heterocycles. The van der Waals surface area contributed by atoms with Crippen LogP contribution in [0.25, 0.3) is 0 Å². The molecule has 0 atom stereocenters. The molecular formula is C13H19NO4. The van der Waals surface area contributed by atoms with Crippen molar-refractivity contribution in [3.63, 3.8) is 0 Å². The number of benzene rings is 1. The number of hydrogen-bond donors (Lipinski definition) is 1. The Bertz CT molecular complexity index is 402. The van der Waals surface area contributed by atoms with Crippen molar-refractivity contribution in [1.82, 2.24) is 0 Å². The molecule has 0 unspecified atom stereocenters. The van der Waals surface area contributed by atoms with Crippen molar-refractivity contribution in [2.24, 2.45) is 5.73 Å². The molecule has 1 aromatic rings. The second-order valence-electron chi connectivity index (χ2n) is 3.73. The molecule has 0 aliphatic rings. The molecule has 0 aromatic heterocycles. The molecule has 0 aliphatic carbocycles. The predicted octanol–water partition coefficient (Wildman–Crippen LogP) is 1.35. The molecule has 0 aliphatic heterocycles. The zero-order valence-electron chi connectivity index (χ0n) is 10.9. The largest absolute Gasteiger partial charge is 0.493 e. The fraction of sp³-hybridized carbons (Fsp3) is 0.462. The second-order valence-corrected chi connectivity index (χ2v) is 3.73. The van der Waals surface area contributed by atoms with Gasteiger partial charge in [-0.2, -0.15) is 0 Å². The van der Waals surface area contributed by atoms with Gasteiger partial charge in [-0.25, -0.2) is 0 Å². The van der Waals surface area contributed by atoms with Gasteiger partial charge in [0.1, 0.15) is 5.75 Å². The average Bonchev–Trinajstić information content (AvgIpc) is 2.36. The van der Waals surface area contributed by atoms with Crippen molar-refractivity contribution in [2.45, 2.75) is 19.6 Å². The minimum Gasteiger partial charge on any atom is -0.493 e. The summed E-state index contributed by atoms with van der Waals surface area (Å²) in [6, 6.07) is 5.26. The van der Waals surface area contributed by atoms with Crippen molar-refractivity contribution in [3.8, 4) is 5.75 Å². The fourth-order valence-corrected chi connectivity index (χ4v) is 1.63. The van der Waals surface area contributed by atoms with E-state index in [1.165, 1.54) is 0 Å². The number of carbonyl (C=O) groups is 1. The molecular weight excluding hydrogens is 234 g/mol. The minimum atomic E-state index is -0.500. The highest BCUT2D eigenvalue weighted by molar-refractivity contribution is 5.95. The van der Waals surface area contributed by atoms with E-state index in [1.807, 2.05) is 13.0 Å². The highest BCUT2D eigenvalue weighted by atomic mass is 16.7. The summed E-state index contributed by atoms with van der Waals surface area (Å²) in [6.07, 6.45) is 0.255. The molecule has 1 aromatic carbocycles. The molecule has 0 bridgehead atoms. The molecule has 1 amide bonds. The molecule has 5 heteroatoms. The standard InChI is InChI=1S/C13H19NO4/c1-4-18-11-7-9(8-12(16-2)17-3)5-6-10(11)13(14)15/h5-7,12H,4,8H2,1-3H3,(H2,14,15). The molecule has 18 heavy (non-hydrogen) atoms. The van der Waals surface area contributed by atoms with Crippen LogP contribution in [0.1, 0.15) is 22.8 Å². The van der Waals surface area contributed by atoms with Crippen LogP contribution in [0.3, 0.4) is 0 Å². The molecule has 0 radical (unpaired) electrons. The van der Waals surface area contributed by atoms with E-state index in [-0.39, 0.29) is 6.29 Å². The van der Waals surface area contributed by atoms with Crippen molar-refractivity contribution in [1.29, 1.82) is 0 Å². The Balaban J connectivity index is 2.95. The lowest BCUT2D eigenvalue weighted by atomic mass is 10.1. The normalized spacial score (nSPS) is 10.7. The van der Waals surface area contributed by atoms with Gasteiger partial charge in [-0.05, 0) is 24.6 Å². The third-order valence-corrected chi connectivity index (χ3v) is 2.54. The molecule has 0 saturated heterocycles. The van der Waals surface area contributed by atoms with Gasteiger partial charge in [0.05, 0.1) is 12.2 Å². The van der Waals surface area contributed by atoms with E-state index in [0.717, 1.165) is 5.56 Å². The Kier molecular flexibility index (Phi) is 5.61. The Morgan fingerprint density at radius 3 is 2.50 bits per heavy atom. The number of hydrogen-bond acceptors (Lipinski definition) is 4. The van der Waals surface area contributed by atoms with Crippen LogP contribution < -0.4 is 10.5 Å². The Morgan fingerprint density at radius 2 is 2.00 bits per heavy atom. The zero-order valence-corrected chi connectivity index (χ0v) is 10.9. The lowest BCUT2D eigenvalue weighted by Crippen LogP contribution is -2.17. The van der Waals surface area contributed by atoms with E-state index in [4.69, 9.17) is 19.9 Å². The third kappa shape index (κ3) is 3.72. The van der Waals surface area contributed by atoms with E-state index in [2.05, 4.69) is 0 Å². The first-order valence-electron chi connectivity index (χ1n) is 5.73. The summed E-state index contributed by atoms with van der Waals surface area (Å²) in [6.45, 7) is 2.33. The Labute approximate surface area is 107 Å². The second kappa shape index (κ2) is 6.98. The smallest absolute Gasteiger partial charge is 0.252 e. The Hall–Kier alpha value is -1.59. The van der Waals surface area contributed by atoms with Crippen molar-refractivity contribution in [3.05, 3.63) is 29.3 Å². The van der Waals surface area contributed by atoms with Crippen LogP contribution in [0.5, 0.6) is 5.75 Å². The van der Waals surface area contributed by atoms with Gasteiger partial charge in [-0.3, -0.25) is 4.79 Å². The first-order chi connectivity index (χ1) is 8.62. The van der Waals surface area contributed by atoms with Crippen LogP contribution in [0.15, 0.2) is 18.2 Å². The maximum absolute atomic E-state index is 11.2. The van der Waals surface area contributed by atoms with Gasteiger partial charge in [-0.15, -0.1) is 0 Å². The van der Waals surface area contributed by atoms with E-state index in [9.17, 15) is 4.79 Å². The van der Waals surface area contributed by atoms with Crippen LogP contribution in [0, 0.1) is 0 Å². The maximum Gasteiger partial charge on any atom is 0.252 e. The molecule has 0 fully saturated rings. The van der Waals surface area contributed by atoms with Crippen LogP contribution in [0.2, 0.25) is 0 Å². The number of amides is 1. The van der Waals surface area contributed by atoms with Gasteiger partial charge in [0.2, 0.25) is 0 Å². The van der Waals surface area contributed by atoms with E-state index in [1.54, 1.807) is 26.4 Å². The van der Waals surface area contributed by atoms with Crippen LogP contribution in [-0.4, -0.2) is 33.0 Å². The van der Waals surface area contributed by atoms with Crippen molar-refractivity contribution < 1.29 is 19.0 Å². The van der Waals surface area contributed by atoms with Crippen molar-refractivity contribution in [2.75, 3.05) is 20.8 Å². The molecule has 0 saturated carbocycles. The average molecular weight is 253 g/mol. The number of primary amides is 1. The van der Waals surface area contributed by atoms with Gasteiger partial charge in [0, 0.05) is 20.6 Å². The van der Waals surface area contributed by atoms with E-state index >= 15 is 0 Å². The highest BCUT2D eigenvalue weighted by Gasteiger charge is 2.12. The topological polar surface area (TPSA) is 70.8 Å². The van der Waals surface area contributed by atoms with Crippen LogP contribution >= 0.6 is 0 Å². The van der Waals surface area contributed by atoms with Gasteiger partial charge in [-0.1, -0.05) is 6.07 Å². The van der Waals surface area contributed by atoms with Crippen molar-refractivity contribution >= 4 is 5.91 Å². The van der Waals surface area contributed by atoms with Gasteiger partial charge in [0.25, 0.3) is 5.91 Å². The molecule has 100 valence electrons. The van der Waals surface area contributed by atoms with Gasteiger partial charge < -0.3 is 19.9 Å². The molecule has 0 spiro atoms. The van der Waals surface area contributed by atoms with E-state index < -0.39 is 5.91 Å². The highest BCUT2D eigenvalue weighted by Crippen LogP contribution is 2.21. The Morgan fingerprint density at radius 1 is 1.33 bits per heavy atom. The summed E-state index contributed by atoms with van der Waals surface area (Å²) >= 11 is 0. The summed E-state index contributed by atoms with van der Waals surface area (Å²) in [5.74, 6) is -0.00603.